The summed E-state index contributed by atoms with van der Waals surface area (Å²) in [6.45, 7) is 1.88. The summed E-state index contributed by atoms with van der Waals surface area (Å²) in [6.07, 6.45) is 3.46. The molecular weight excluding hydrogens is 341 g/mol. The van der Waals surface area contributed by atoms with Crippen LogP contribution >= 0.6 is 0 Å². The second-order valence-electron chi connectivity index (χ2n) is 6.23. The first kappa shape index (κ1) is 16.1. The number of anilines is 1. The number of H-pyrrole nitrogens is 1. The summed E-state index contributed by atoms with van der Waals surface area (Å²) in [5.74, 6) is -0.584. The van der Waals surface area contributed by atoms with Gasteiger partial charge in [0, 0.05) is 18.5 Å². The summed E-state index contributed by atoms with van der Waals surface area (Å²) in [5, 5.41) is 7.47. The molecule has 1 aromatic heterocycles. The molecule has 0 radical (unpaired) electrons. The molecule has 1 aliphatic rings. The average Bonchev–Trinajstić information content (AvgIpc) is 3.07. The van der Waals surface area contributed by atoms with Gasteiger partial charge in [-0.1, -0.05) is 12.1 Å². The first-order chi connectivity index (χ1) is 12.1. The number of sulfone groups is 1. The van der Waals surface area contributed by atoms with Crippen molar-refractivity contribution in [1.82, 2.24) is 10.2 Å². The van der Waals surface area contributed by atoms with Crippen molar-refractivity contribution in [3.8, 4) is 0 Å². The van der Waals surface area contributed by atoms with Crippen molar-refractivity contribution in [3.63, 3.8) is 0 Å². The van der Waals surface area contributed by atoms with E-state index in [1.54, 1.807) is 6.07 Å². The van der Waals surface area contributed by atoms with Crippen molar-refractivity contribution in [1.29, 1.82) is 0 Å². The van der Waals surface area contributed by atoms with Crippen LogP contribution in [0.15, 0.2) is 52.4 Å². The number of rotatable bonds is 3. The predicted molar refractivity (Wildman–Crippen MR) is 94.0 cm³/mol. The Morgan fingerprint density at radius 1 is 1.04 bits per heavy atom. The number of nitrogens with one attached hydrogen (secondary N) is 1. The Balaban J connectivity index is 1.84. The molecule has 3 aromatic rings. The van der Waals surface area contributed by atoms with E-state index in [4.69, 9.17) is 0 Å². The van der Waals surface area contributed by atoms with Crippen LogP contribution in [0.1, 0.15) is 19.3 Å². The van der Waals surface area contributed by atoms with E-state index in [9.17, 15) is 12.8 Å². The molecule has 130 valence electrons. The minimum Gasteiger partial charge on any atom is -0.370 e. The molecule has 1 N–H and O–H groups in total. The van der Waals surface area contributed by atoms with Crippen LogP contribution in [0, 0.1) is 5.82 Å². The number of fused-ring (bicyclic) bond motifs is 1. The highest BCUT2D eigenvalue weighted by Crippen LogP contribution is 2.32. The second-order valence-corrected chi connectivity index (χ2v) is 8.12. The summed E-state index contributed by atoms with van der Waals surface area (Å²) in [7, 11) is -3.87. The van der Waals surface area contributed by atoms with Gasteiger partial charge < -0.3 is 4.90 Å². The highest BCUT2D eigenvalue weighted by molar-refractivity contribution is 7.91. The lowest BCUT2D eigenvalue weighted by Gasteiger charge is -2.28. The smallest absolute Gasteiger partial charge is 0.224 e. The van der Waals surface area contributed by atoms with E-state index in [0.29, 0.717) is 10.9 Å². The lowest BCUT2D eigenvalue weighted by molar-refractivity contribution is 0.579. The van der Waals surface area contributed by atoms with Crippen molar-refractivity contribution < 1.29 is 12.8 Å². The second kappa shape index (κ2) is 6.15. The zero-order valence-corrected chi connectivity index (χ0v) is 14.4. The van der Waals surface area contributed by atoms with Gasteiger partial charge in [0.2, 0.25) is 9.84 Å². The Kier molecular flexibility index (Phi) is 3.95. The molecule has 0 bridgehead atoms. The number of hydrogen-bond donors (Lipinski definition) is 1. The van der Waals surface area contributed by atoms with E-state index in [1.807, 2.05) is 12.1 Å². The third-order valence-electron chi connectivity index (χ3n) is 4.60. The first-order valence-electron chi connectivity index (χ1n) is 8.30. The number of aromatic nitrogens is 2. The monoisotopic (exact) mass is 359 g/mol. The van der Waals surface area contributed by atoms with Crippen molar-refractivity contribution in [2.24, 2.45) is 0 Å². The van der Waals surface area contributed by atoms with Crippen LogP contribution < -0.4 is 4.90 Å². The molecule has 0 unspecified atom stereocenters. The Labute approximate surface area is 145 Å². The SMILES string of the molecule is O=S(=O)(c1cccc(F)c1)c1[nH]nc2c(N3CCCCC3)cccc12. The largest absolute Gasteiger partial charge is 0.370 e. The van der Waals surface area contributed by atoms with Crippen LogP contribution in [0.3, 0.4) is 0 Å². The van der Waals surface area contributed by atoms with Gasteiger partial charge in [0.1, 0.15) is 11.3 Å². The van der Waals surface area contributed by atoms with Crippen molar-refractivity contribution in [3.05, 3.63) is 48.3 Å². The number of aromatic amines is 1. The number of piperidine rings is 1. The van der Waals surface area contributed by atoms with E-state index in [-0.39, 0.29) is 9.92 Å². The number of halogens is 1. The first-order valence-corrected chi connectivity index (χ1v) is 9.78. The number of benzene rings is 2. The van der Waals surface area contributed by atoms with Gasteiger partial charge in [-0.05, 0) is 49.6 Å². The molecule has 1 fully saturated rings. The maximum atomic E-state index is 13.5. The van der Waals surface area contributed by atoms with Gasteiger partial charge in [-0.15, -0.1) is 0 Å². The van der Waals surface area contributed by atoms with Gasteiger partial charge in [-0.2, -0.15) is 5.10 Å². The quantitative estimate of drug-likeness (QED) is 0.777. The van der Waals surface area contributed by atoms with E-state index >= 15 is 0 Å². The molecule has 0 spiro atoms. The number of hydrogen-bond acceptors (Lipinski definition) is 4. The van der Waals surface area contributed by atoms with Crippen molar-refractivity contribution >= 4 is 26.4 Å². The summed E-state index contributed by atoms with van der Waals surface area (Å²) in [5.41, 5.74) is 1.58. The van der Waals surface area contributed by atoms with Crippen LogP contribution in [0.5, 0.6) is 0 Å². The van der Waals surface area contributed by atoms with Gasteiger partial charge in [-0.3, -0.25) is 5.10 Å². The molecule has 4 rings (SSSR count). The number of para-hydroxylation sites is 1. The lowest BCUT2D eigenvalue weighted by atomic mass is 10.1. The van der Waals surface area contributed by atoms with Crippen LogP contribution in [0.2, 0.25) is 0 Å². The molecule has 7 heteroatoms. The summed E-state index contributed by atoms with van der Waals surface area (Å²) in [6, 6.07) is 10.6. The van der Waals surface area contributed by atoms with Gasteiger partial charge >= 0.3 is 0 Å². The zero-order valence-electron chi connectivity index (χ0n) is 13.6. The molecule has 0 amide bonds. The topological polar surface area (TPSA) is 66.1 Å². The Morgan fingerprint density at radius 3 is 2.56 bits per heavy atom. The van der Waals surface area contributed by atoms with Crippen LogP contribution in [-0.2, 0) is 9.84 Å². The highest BCUT2D eigenvalue weighted by Gasteiger charge is 2.25. The summed E-state index contributed by atoms with van der Waals surface area (Å²) in [4.78, 5) is 2.16. The molecule has 1 aliphatic heterocycles. The van der Waals surface area contributed by atoms with Crippen molar-refractivity contribution in [2.75, 3.05) is 18.0 Å². The molecule has 0 aliphatic carbocycles. The third-order valence-corrected chi connectivity index (χ3v) is 6.32. The Bertz CT molecular complexity index is 1020. The lowest BCUT2D eigenvalue weighted by Crippen LogP contribution is -2.29. The third kappa shape index (κ3) is 2.78. The fraction of sp³-hybridized carbons (Fsp3) is 0.278. The maximum absolute atomic E-state index is 13.5. The van der Waals surface area contributed by atoms with E-state index in [1.165, 1.54) is 24.6 Å². The van der Waals surface area contributed by atoms with Gasteiger partial charge in [0.25, 0.3) is 0 Å². The Morgan fingerprint density at radius 2 is 1.80 bits per heavy atom. The van der Waals surface area contributed by atoms with Gasteiger partial charge in [0.15, 0.2) is 5.03 Å². The molecule has 0 saturated carbocycles. The van der Waals surface area contributed by atoms with Crippen molar-refractivity contribution in [2.45, 2.75) is 29.2 Å². The fourth-order valence-electron chi connectivity index (χ4n) is 3.35. The Hall–Kier alpha value is -2.41. The van der Waals surface area contributed by atoms with E-state index < -0.39 is 15.7 Å². The van der Waals surface area contributed by atoms with Crippen LogP contribution in [0.25, 0.3) is 10.9 Å². The molecule has 5 nitrogen and oxygen atoms in total. The molecular formula is C18H18FN3O2S. The minimum absolute atomic E-state index is 0.00644. The molecule has 0 atom stereocenters. The molecule has 1 saturated heterocycles. The molecule has 25 heavy (non-hydrogen) atoms. The average molecular weight is 359 g/mol. The van der Waals surface area contributed by atoms with E-state index in [2.05, 4.69) is 15.1 Å². The van der Waals surface area contributed by atoms with Gasteiger partial charge in [-0.25, -0.2) is 12.8 Å². The number of nitrogens with zero attached hydrogens (tertiary/aromatic N) is 2. The standard InChI is InChI=1S/C18H18FN3O2S/c19-13-6-4-7-14(12-13)25(23,24)18-15-8-5-9-16(17(15)20-21-18)22-10-2-1-3-11-22/h4-9,12H,1-3,10-11H2,(H,20,21). The van der Waals surface area contributed by atoms with Crippen LogP contribution in [0.4, 0.5) is 10.1 Å². The fourth-order valence-corrected chi connectivity index (χ4v) is 4.73. The van der Waals surface area contributed by atoms with Crippen LogP contribution in [-0.4, -0.2) is 31.7 Å². The molecule has 2 aromatic carbocycles. The zero-order chi connectivity index (χ0) is 17.4. The van der Waals surface area contributed by atoms with E-state index in [0.717, 1.165) is 37.7 Å². The molecule has 2 heterocycles. The normalized spacial score (nSPS) is 15.6. The minimum atomic E-state index is -3.87. The van der Waals surface area contributed by atoms with Gasteiger partial charge in [0.05, 0.1) is 10.6 Å². The summed E-state index contributed by atoms with van der Waals surface area (Å²) < 4.78 is 39.3. The maximum Gasteiger partial charge on any atom is 0.224 e. The summed E-state index contributed by atoms with van der Waals surface area (Å²) >= 11 is 0. The predicted octanol–water partition coefficient (Wildman–Crippen LogP) is 3.53. The highest BCUT2D eigenvalue weighted by atomic mass is 32.2.